The molecule has 0 aliphatic carbocycles. The predicted octanol–water partition coefficient (Wildman–Crippen LogP) is 3.38. The summed E-state index contributed by atoms with van der Waals surface area (Å²) in [4.78, 5) is 21.8. The fraction of sp³-hybridized carbons (Fsp3) is 0.0526. The van der Waals surface area contributed by atoms with Crippen LogP contribution in [0.1, 0.15) is 5.01 Å². The van der Waals surface area contributed by atoms with E-state index in [0.29, 0.717) is 23.3 Å². The molecule has 0 amide bonds. The molecular formula is C19H12FN5OS. The number of fused-ring (bicyclic) bond motifs is 2. The molecule has 0 atom stereocenters. The van der Waals surface area contributed by atoms with Crippen LogP contribution in [-0.4, -0.2) is 24.3 Å². The van der Waals surface area contributed by atoms with E-state index in [-0.39, 0.29) is 11.4 Å². The van der Waals surface area contributed by atoms with E-state index < -0.39 is 0 Å². The van der Waals surface area contributed by atoms with Crippen LogP contribution in [0.3, 0.4) is 0 Å². The lowest BCUT2D eigenvalue weighted by Gasteiger charge is -2.05. The van der Waals surface area contributed by atoms with Crippen LogP contribution in [0, 0.1) is 5.82 Å². The summed E-state index contributed by atoms with van der Waals surface area (Å²) in [6.45, 7) is 0.350. The molecule has 3 aromatic heterocycles. The van der Waals surface area contributed by atoms with E-state index in [4.69, 9.17) is 0 Å². The molecule has 2 aromatic carbocycles. The molecular weight excluding hydrogens is 365 g/mol. The van der Waals surface area contributed by atoms with Gasteiger partial charge in [-0.25, -0.2) is 19.0 Å². The van der Waals surface area contributed by atoms with Crippen LogP contribution in [0.5, 0.6) is 0 Å². The van der Waals surface area contributed by atoms with Crippen molar-refractivity contribution in [2.75, 3.05) is 0 Å². The van der Waals surface area contributed by atoms with Gasteiger partial charge in [0.25, 0.3) is 5.56 Å². The first kappa shape index (κ1) is 15.8. The van der Waals surface area contributed by atoms with Gasteiger partial charge in [0.15, 0.2) is 5.65 Å². The number of benzene rings is 2. The van der Waals surface area contributed by atoms with Gasteiger partial charge in [0, 0.05) is 0 Å². The van der Waals surface area contributed by atoms with Crippen molar-refractivity contribution in [2.24, 2.45) is 0 Å². The molecule has 0 aliphatic heterocycles. The standard InChI is InChI=1S/C19H12FN5OS/c20-12-5-7-13(8-6-12)25-18-14(9-22-25)19(26)24(11-21-18)10-17-23-15-3-1-2-4-16(15)27-17/h1-9,11H,10H2. The Kier molecular flexibility index (Phi) is 3.58. The van der Waals surface area contributed by atoms with Crippen LogP contribution in [-0.2, 0) is 6.54 Å². The van der Waals surface area contributed by atoms with E-state index >= 15 is 0 Å². The van der Waals surface area contributed by atoms with Crippen molar-refractivity contribution in [1.29, 1.82) is 0 Å². The van der Waals surface area contributed by atoms with Gasteiger partial charge >= 0.3 is 0 Å². The van der Waals surface area contributed by atoms with Crippen LogP contribution in [0.2, 0.25) is 0 Å². The van der Waals surface area contributed by atoms with Gasteiger partial charge < -0.3 is 0 Å². The highest BCUT2D eigenvalue weighted by Crippen LogP contribution is 2.22. The molecule has 0 unspecified atom stereocenters. The van der Waals surface area contributed by atoms with Crippen molar-refractivity contribution >= 4 is 32.6 Å². The van der Waals surface area contributed by atoms with Gasteiger partial charge in [-0.05, 0) is 36.4 Å². The van der Waals surface area contributed by atoms with Crippen molar-refractivity contribution in [1.82, 2.24) is 24.3 Å². The Balaban J connectivity index is 1.56. The molecule has 0 bridgehead atoms. The maximum Gasteiger partial charge on any atom is 0.264 e. The van der Waals surface area contributed by atoms with E-state index in [1.165, 1.54) is 33.9 Å². The first-order valence-electron chi connectivity index (χ1n) is 8.22. The van der Waals surface area contributed by atoms with E-state index in [9.17, 15) is 9.18 Å². The maximum absolute atomic E-state index is 13.1. The molecule has 0 saturated heterocycles. The lowest BCUT2D eigenvalue weighted by atomic mass is 10.3. The summed E-state index contributed by atoms with van der Waals surface area (Å²) in [7, 11) is 0. The summed E-state index contributed by atoms with van der Waals surface area (Å²) < 4.78 is 17.3. The third kappa shape index (κ3) is 2.70. The fourth-order valence-electron chi connectivity index (χ4n) is 2.97. The zero-order valence-electron chi connectivity index (χ0n) is 13.9. The monoisotopic (exact) mass is 377 g/mol. The van der Waals surface area contributed by atoms with Gasteiger partial charge in [-0.1, -0.05) is 12.1 Å². The summed E-state index contributed by atoms with van der Waals surface area (Å²) in [5.41, 5.74) is 1.81. The number of halogens is 1. The Hall–Kier alpha value is -3.39. The van der Waals surface area contributed by atoms with Crippen LogP contribution in [0.4, 0.5) is 4.39 Å². The first-order chi connectivity index (χ1) is 13.2. The van der Waals surface area contributed by atoms with Crippen molar-refractivity contribution in [3.63, 3.8) is 0 Å². The van der Waals surface area contributed by atoms with Crippen molar-refractivity contribution in [3.8, 4) is 5.69 Å². The third-order valence-electron chi connectivity index (χ3n) is 4.27. The van der Waals surface area contributed by atoms with Gasteiger partial charge in [0.2, 0.25) is 0 Å². The largest absolute Gasteiger partial charge is 0.292 e. The van der Waals surface area contributed by atoms with E-state index in [2.05, 4.69) is 15.1 Å². The minimum Gasteiger partial charge on any atom is -0.292 e. The Morgan fingerprint density at radius 2 is 1.89 bits per heavy atom. The second-order valence-corrected chi connectivity index (χ2v) is 7.14. The highest BCUT2D eigenvalue weighted by atomic mass is 32.1. The number of thiazole rings is 1. The second-order valence-electron chi connectivity index (χ2n) is 6.02. The molecule has 0 spiro atoms. The molecule has 0 radical (unpaired) electrons. The highest BCUT2D eigenvalue weighted by molar-refractivity contribution is 7.18. The summed E-state index contributed by atoms with van der Waals surface area (Å²) in [6.07, 6.45) is 2.99. The van der Waals surface area contributed by atoms with Crippen LogP contribution < -0.4 is 5.56 Å². The van der Waals surface area contributed by atoms with Crippen LogP contribution >= 0.6 is 11.3 Å². The predicted molar refractivity (Wildman–Crippen MR) is 102 cm³/mol. The zero-order chi connectivity index (χ0) is 18.4. The molecule has 0 saturated carbocycles. The Morgan fingerprint density at radius 3 is 2.70 bits per heavy atom. The maximum atomic E-state index is 13.1. The molecule has 0 N–H and O–H groups in total. The minimum absolute atomic E-state index is 0.187. The number of hydrogen-bond acceptors (Lipinski definition) is 5. The quantitative estimate of drug-likeness (QED) is 0.483. The van der Waals surface area contributed by atoms with Gasteiger partial charge in [0.1, 0.15) is 22.5 Å². The Bertz CT molecular complexity index is 1300. The third-order valence-corrected chi connectivity index (χ3v) is 5.29. The summed E-state index contributed by atoms with van der Waals surface area (Å²) >= 11 is 1.55. The number of hydrogen-bond donors (Lipinski definition) is 0. The first-order valence-corrected chi connectivity index (χ1v) is 9.04. The van der Waals surface area contributed by atoms with E-state index in [0.717, 1.165) is 15.2 Å². The normalized spacial score (nSPS) is 11.4. The molecule has 27 heavy (non-hydrogen) atoms. The smallest absolute Gasteiger partial charge is 0.264 e. The van der Waals surface area contributed by atoms with Crippen molar-refractivity contribution in [2.45, 2.75) is 6.54 Å². The molecule has 3 heterocycles. The Morgan fingerprint density at radius 1 is 1.07 bits per heavy atom. The molecule has 6 nitrogen and oxygen atoms in total. The second kappa shape index (κ2) is 6.10. The average Bonchev–Trinajstić information content (AvgIpc) is 3.28. The SMILES string of the molecule is O=c1c2cnn(-c3ccc(F)cc3)c2ncn1Cc1nc2ccccc2s1. The number of rotatable bonds is 3. The summed E-state index contributed by atoms with van der Waals surface area (Å²) in [5, 5.41) is 5.49. The van der Waals surface area contributed by atoms with Gasteiger partial charge in [0.05, 0.1) is 28.6 Å². The zero-order valence-corrected chi connectivity index (χ0v) is 14.7. The van der Waals surface area contributed by atoms with E-state index in [1.54, 1.807) is 23.5 Å². The lowest BCUT2D eigenvalue weighted by Crippen LogP contribution is -2.21. The summed E-state index contributed by atoms with van der Waals surface area (Å²) in [5.74, 6) is -0.332. The lowest BCUT2D eigenvalue weighted by molar-refractivity contribution is 0.627. The molecule has 0 fully saturated rings. The van der Waals surface area contributed by atoms with Gasteiger partial charge in [-0.15, -0.1) is 11.3 Å². The number of nitrogens with zero attached hydrogens (tertiary/aromatic N) is 5. The number of aromatic nitrogens is 5. The fourth-order valence-corrected chi connectivity index (χ4v) is 3.93. The summed E-state index contributed by atoms with van der Waals surface area (Å²) in [6, 6.07) is 13.7. The highest BCUT2D eigenvalue weighted by Gasteiger charge is 2.13. The van der Waals surface area contributed by atoms with Gasteiger partial charge in [-0.2, -0.15) is 5.10 Å². The molecule has 5 rings (SSSR count). The molecule has 8 heteroatoms. The van der Waals surface area contributed by atoms with Crippen molar-refractivity contribution < 1.29 is 4.39 Å². The van der Waals surface area contributed by atoms with Crippen molar-refractivity contribution in [3.05, 3.63) is 82.2 Å². The molecule has 5 aromatic rings. The van der Waals surface area contributed by atoms with Gasteiger partial charge in [-0.3, -0.25) is 9.36 Å². The van der Waals surface area contributed by atoms with Crippen LogP contribution in [0.25, 0.3) is 26.9 Å². The topological polar surface area (TPSA) is 65.6 Å². The minimum atomic E-state index is -0.332. The average molecular weight is 377 g/mol. The van der Waals surface area contributed by atoms with E-state index in [1.807, 2.05) is 24.3 Å². The molecule has 0 aliphatic rings. The molecule has 132 valence electrons. The van der Waals surface area contributed by atoms with Crippen LogP contribution in [0.15, 0.2) is 65.8 Å². The number of para-hydroxylation sites is 1. The Labute approximate surface area is 156 Å².